The van der Waals surface area contributed by atoms with Crippen molar-refractivity contribution in [1.29, 1.82) is 0 Å². The molecule has 0 saturated carbocycles. The molecular weight excluding hydrogens is 283 g/mol. The second kappa shape index (κ2) is 9.52. The highest BCUT2D eigenvalue weighted by atomic mass is 19.1. The summed E-state index contributed by atoms with van der Waals surface area (Å²) in [5.41, 5.74) is 6.88. The van der Waals surface area contributed by atoms with Crippen molar-refractivity contribution in [2.24, 2.45) is 0 Å². The maximum atomic E-state index is 12.0. The van der Waals surface area contributed by atoms with Gasteiger partial charge in [-0.3, -0.25) is 4.79 Å². The minimum absolute atomic E-state index is 0.0132. The summed E-state index contributed by atoms with van der Waals surface area (Å²) >= 11 is 0. The predicted molar refractivity (Wildman–Crippen MR) is 85.7 cm³/mol. The van der Waals surface area contributed by atoms with Crippen molar-refractivity contribution in [2.45, 2.75) is 12.5 Å². The van der Waals surface area contributed by atoms with Crippen LogP contribution in [0, 0.1) is 5.82 Å². The van der Waals surface area contributed by atoms with E-state index in [0.717, 1.165) is 5.56 Å². The van der Waals surface area contributed by atoms with Crippen molar-refractivity contribution in [2.75, 3.05) is 19.9 Å². The largest absolute Gasteiger partial charge is 0.399 e. The molecule has 0 spiro atoms. The van der Waals surface area contributed by atoms with Crippen LogP contribution in [-0.4, -0.2) is 20.1 Å². The Kier molecular flexibility index (Phi) is 7.64. The van der Waals surface area contributed by atoms with Gasteiger partial charge in [0.1, 0.15) is 5.82 Å². The molecule has 0 saturated heterocycles. The van der Waals surface area contributed by atoms with Gasteiger partial charge in [-0.15, -0.1) is 0 Å². The summed E-state index contributed by atoms with van der Waals surface area (Å²) in [5.74, 6) is -0.264. The van der Waals surface area contributed by atoms with E-state index < -0.39 is 0 Å². The number of hydrogen-bond acceptors (Lipinski definition) is 3. The Morgan fingerprint density at radius 2 is 1.77 bits per heavy atom. The molecule has 1 atom stereocenters. The van der Waals surface area contributed by atoms with E-state index in [0.29, 0.717) is 12.1 Å². The van der Waals surface area contributed by atoms with Gasteiger partial charge in [0.25, 0.3) is 0 Å². The number of nitrogens with two attached hydrogens (primary N) is 1. The summed E-state index contributed by atoms with van der Waals surface area (Å²) in [6.07, 6.45) is 0.202. The standard InChI is InChI=1S/C11H15NO2.C6H6FN/c1-12-11(13)8-10(14-2)9-6-4-3-5-7-9;7-5-1-3-6(8)4-2-5/h3-7,10H,8H2,1-2H3,(H,12,13);1-4H,8H2. The van der Waals surface area contributed by atoms with E-state index in [4.69, 9.17) is 10.5 Å². The topological polar surface area (TPSA) is 64.3 Å². The number of halogens is 1. The van der Waals surface area contributed by atoms with E-state index in [1.807, 2.05) is 30.3 Å². The third-order valence-corrected chi connectivity index (χ3v) is 2.98. The summed E-state index contributed by atoms with van der Waals surface area (Å²) < 4.78 is 17.3. The number of benzene rings is 2. The van der Waals surface area contributed by atoms with Gasteiger partial charge in [-0.05, 0) is 29.8 Å². The van der Waals surface area contributed by atoms with E-state index in [1.54, 1.807) is 14.2 Å². The second-order valence-electron chi connectivity index (χ2n) is 4.56. The molecule has 0 aliphatic heterocycles. The quantitative estimate of drug-likeness (QED) is 0.854. The Balaban J connectivity index is 0.000000255. The summed E-state index contributed by atoms with van der Waals surface area (Å²) in [6, 6.07) is 15.4. The molecule has 2 aromatic carbocycles. The fraction of sp³-hybridized carbons (Fsp3) is 0.235. The van der Waals surface area contributed by atoms with Gasteiger partial charge >= 0.3 is 0 Å². The lowest BCUT2D eigenvalue weighted by atomic mass is 10.1. The Bertz CT molecular complexity index is 538. The lowest BCUT2D eigenvalue weighted by molar-refractivity contribution is -0.123. The van der Waals surface area contributed by atoms with Crippen molar-refractivity contribution in [1.82, 2.24) is 5.32 Å². The molecule has 5 heteroatoms. The molecule has 1 amide bonds. The maximum absolute atomic E-state index is 12.0. The van der Waals surface area contributed by atoms with Crippen molar-refractivity contribution in [3.63, 3.8) is 0 Å². The first-order valence-corrected chi connectivity index (χ1v) is 6.86. The molecule has 0 aromatic heterocycles. The molecule has 22 heavy (non-hydrogen) atoms. The third kappa shape index (κ3) is 6.37. The number of carbonyl (C=O) groups excluding carboxylic acids is 1. The van der Waals surface area contributed by atoms with Gasteiger partial charge < -0.3 is 15.8 Å². The van der Waals surface area contributed by atoms with Crippen molar-refractivity contribution < 1.29 is 13.9 Å². The van der Waals surface area contributed by atoms with Crippen molar-refractivity contribution >= 4 is 11.6 Å². The van der Waals surface area contributed by atoms with Crippen LogP contribution in [-0.2, 0) is 9.53 Å². The number of amides is 1. The van der Waals surface area contributed by atoms with Crippen LogP contribution in [0.5, 0.6) is 0 Å². The molecule has 0 bridgehead atoms. The number of rotatable bonds is 4. The third-order valence-electron chi connectivity index (χ3n) is 2.98. The first-order chi connectivity index (χ1) is 10.6. The van der Waals surface area contributed by atoms with Gasteiger partial charge in [0.05, 0.1) is 12.5 Å². The van der Waals surface area contributed by atoms with Crippen molar-refractivity contribution in [3.8, 4) is 0 Å². The van der Waals surface area contributed by atoms with Gasteiger partial charge in [-0.25, -0.2) is 4.39 Å². The first-order valence-electron chi connectivity index (χ1n) is 6.86. The van der Waals surface area contributed by atoms with Crippen LogP contribution >= 0.6 is 0 Å². The molecule has 2 rings (SSSR count). The lowest BCUT2D eigenvalue weighted by Crippen LogP contribution is -2.21. The number of ether oxygens (including phenoxy) is 1. The van der Waals surface area contributed by atoms with Crippen LogP contribution in [0.25, 0.3) is 0 Å². The number of carbonyl (C=O) groups is 1. The van der Waals surface area contributed by atoms with Crippen LogP contribution in [0.1, 0.15) is 18.1 Å². The van der Waals surface area contributed by atoms with Crippen LogP contribution in [0.15, 0.2) is 54.6 Å². The van der Waals surface area contributed by atoms with Crippen LogP contribution in [0.4, 0.5) is 10.1 Å². The molecule has 0 aliphatic rings. The fourth-order valence-corrected chi connectivity index (χ4v) is 1.74. The summed E-state index contributed by atoms with van der Waals surface area (Å²) in [4.78, 5) is 11.2. The molecular formula is C17H21FN2O2. The van der Waals surface area contributed by atoms with E-state index in [1.165, 1.54) is 24.3 Å². The van der Waals surface area contributed by atoms with Crippen LogP contribution in [0.2, 0.25) is 0 Å². The number of anilines is 1. The number of nitrogens with one attached hydrogen (secondary N) is 1. The average molecular weight is 304 g/mol. The minimum atomic E-state index is -0.251. The molecule has 2 aromatic rings. The zero-order valence-electron chi connectivity index (χ0n) is 12.8. The molecule has 0 fully saturated rings. The van der Waals surface area contributed by atoms with E-state index in [-0.39, 0.29) is 17.8 Å². The number of nitrogen functional groups attached to an aromatic ring is 1. The molecule has 118 valence electrons. The Morgan fingerprint density at radius 1 is 1.18 bits per heavy atom. The molecule has 4 nitrogen and oxygen atoms in total. The van der Waals surface area contributed by atoms with Gasteiger partial charge in [0.15, 0.2) is 0 Å². The number of hydrogen-bond donors (Lipinski definition) is 2. The van der Waals surface area contributed by atoms with Gasteiger partial charge in [0, 0.05) is 19.8 Å². The van der Waals surface area contributed by atoms with E-state index in [2.05, 4.69) is 5.32 Å². The Hall–Kier alpha value is -2.40. The normalized spacial score (nSPS) is 11.0. The molecule has 0 aliphatic carbocycles. The van der Waals surface area contributed by atoms with E-state index >= 15 is 0 Å². The predicted octanol–water partition coefficient (Wildman–Crippen LogP) is 2.92. The monoisotopic (exact) mass is 304 g/mol. The second-order valence-corrected chi connectivity index (χ2v) is 4.56. The number of methoxy groups -OCH3 is 1. The first kappa shape index (κ1) is 17.7. The summed E-state index contributed by atoms with van der Waals surface area (Å²) in [6.45, 7) is 0. The average Bonchev–Trinajstić information content (AvgIpc) is 2.56. The Labute approximate surface area is 130 Å². The van der Waals surface area contributed by atoms with Gasteiger partial charge in [-0.1, -0.05) is 30.3 Å². The highest BCUT2D eigenvalue weighted by Gasteiger charge is 2.13. The highest BCUT2D eigenvalue weighted by molar-refractivity contribution is 5.76. The molecule has 0 radical (unpaired) electrons. The van der Waals surface area contributed by atoms with Crippen molar-refractivity contribution in [3.05, 3.63) is 66.0 Å². The van der Waals surface area contributed by atoms with Crippen LogP contribution in [0.3, 0.4) is 0 Å². The Morgan fingerprint density at radius 3 is 2.23 bits per heavy atom. The molecule has 0 heterocycles. The highest BCUT2D eigenvalue weighted by Crippen LogP contribution is 2.19. The maximum Gasteiger partial charge on any atom is 0.222 e. The molecule has 1 unspecified atom stereocenters. The zero-order valence-corrected chi connectivity index (χ0v) is 12.8. The van der Waals surface area contributed by atoms with Gasteiger partial charge in [0.2, 0.25) is 5.91 Å². The minimum Gasteiger partial charge on any atom is -0.399 e. The molecule has 3 N–H and O–H groups in total. The lowest BCUT2D eigenvalue weighted by Gasteiger charge is -2.14. The van der Waals surface area contributed by atoms with E-state index in [9.17, 15) is 9.18 Å². The SMILES string of the molecule is CNC(=O)CC(OC)c1ccccc1.Nc1ccc(F)cc1. The summed E-state index contributed by atoms with van der Waals surface area (Å²) in [7, 11) is 3.24. The van der Waals surface area contributed by atoms with Gasteiger partial charge in [-0.2, -0.15) is 0 Å². The smallest absolute Gasteiger partial charge is 0.222 e. The fourth-order valence-electron chi connectivity index (χ4n) is 1.74. The van der Waals surface area contributed by atoms with Crippen LogP contribution < -0.4 is 11.1 Å². The zero-order chi connectivity index (χ0) is 16.4. The summed E-state index contributed by atoms with van der Waals surface area (Å²) in [5, 5.41) is 2.58.